The van der Waals surface area contributed by atoms with Crippen LogP contribution in [0.3, 0.4) is 0 Å². The summed E-state index contributed by atoms with van der Waals surface area (Å²) < 4.78 is 0. The van der Waals surface area contributed by atoms with Crippen molar-refractivity contribution >= 4 is 10.8 Å². The largest absolute Gasteiger partial charge is 0.309 e. The van der Waals surface area contributed by atoms with Crippen LogP contribution in [0.1, 0.15) is 25.3 Å². The van der Waals surface area contributed by atoms with Gasteiger partial charge >= 0.3 is 0 Å². The quantitative estimate of drug-likeness (QED) is 0.925. The first-order valence-electron chi connectivity index (χ1n) is 7.63. The van der Waals surface area contributed by atoms with E-state index in [0.717, 1.165) is 6.54 Å². The van der Waals surface area contributed by atoms with E-state index in [-0.39, 0.29) is 0 Å². The van der Waals surface area contributed by atoms with Crippen LogP contribution in [0.4, 0.5) is 0 Å². The molecule has 20 heavy (non-hydrogen) atoms. The lowest BCUT2D eigenvalue weighted by atomic mass is 10.0. The molecule has 3 heteroatoms. The zero-order chi connectivity index (χ0) is 13.8. The summed E-state index contributed by atoms with van der Waals surface area (Å²) >= 11 is 0. The molecule has 1 atom stereocenters. The monoisotopic (exact) mass is 269 g/mol. The minimum atomic E-state index is 0.636. The lowest BCUT2D eigenvalue weighted by Crippen LogP contribution is -2.45. The Labute approximate surface area is 121 Å². The highest BCUT2D eigenvalue weighted by atomic mass is 15.2. The van der Waals surface area contributed by atoms with Crippen LogP contribution in [0.15, 0.2) is 36.7 Å². The third kappa shape index (κ3) is 3.17. The Bertz CT molecular complexity index is 567. The fourth-order valence-corrected chi connectivity index (χ4v) is 3.01. The molecule has 3 rings (SSSR count). The average Bonchev–Trinajstić information content (AvgIpc) is 2.53. The van der Waals surface area contributed by atoms with Crippen molar-refractivity contribution in [1.82, 2.24) is 15.2 Å². The maximum atomic E-state index is 4.16. The van der Waals surface area contributed by atoms with Gasteiger partial charge in [-0.25, -0.2) is 0 Å². The van der Waals surface area contributed by atoms with Crippen molar-refractivity contribution in [1.29, 1.82) is 0 Å². The Morgan fingerprint density at radius 1 is 1.30 bits per heavy atom. The second-order valence-corrected chi connectivity index (χ2v) is 5.67. The molecule has 1 unspecified atom stereocenters. The van der Waals surface area contributed by atoms with Crippen molar-refractivity contribution in [2.24, 2.45) is 0 Å². The van der Waals surface area contributed by atoms with Crippen LogP contribution in [0, 0.1) is 0 Å². The van der Waals surface area contributed by atoms with Gasteiger partial charge in [-0.1, -0.05) is 19.1 Å². The lowest BCUT2D eigenvalue weighted by molar-refractivity contribution is 0.198. The zero-order valence-corrected chi connectivity index (χ0v) is 12.2. The van der Waals surface area contributed by atoms with Crippen molar-refractivity contribution in [3.8, 4) is 0 Å². The van der Waals surface area contributed by atoms with E-state index in [2.05, 4.69) is 46.4 Å². The van der Waals surface area contributed by atoms with Gasteiger partial charge in [0.05, 0.1) is 0 Å². The van der Waals surface area contributed by atoms with Crippen molar-refractivity contribution < 1.29 is 0 Å². The summed E-state index contributed by atoms with van der Waals surface area (Å²) in [5, 5.41) is 6.20. The summed E-state index contributed by atoms with van der Waals surface area (Å²) in [6.45, 7) is 6.83. The van der Waals surface area contributed by atoms with Gasteiger partial charge in [-0.15, -0.1) is 0 Å². The highest BCUT2D eigenvalue weighted by Crippen LogP contribution is 2.15. The molecular weight excluding hydrogens is 246 g/mol. The van der Waals surface area contributed by atoms with Crippen LogP contribution in [0.2, 0.25) is 0 Å². The number of nitrogens with one attached hydrogen (secondary N) is 1. The standard InChI is InChI=1S/C17H23N3/c1-2-20-9-3-4-17(13-20)19-11-14-5-6-16-12-18-8-7-15(16)10-14/h5-8,10,12,17,19H,2-4,9,11,13H2,1H3. The number of hydrogen-bond acceptors (Lipinski definition) is 3. The van der Waals surface area contributed by atoms with E-state index < -0.39 is 0 Å². The molecule has 1 N–H and O–H groups in total. The minimum absolute atomic E-state index is 0.636. The number of piperidine rings is 1. The first kappa shape index (κ1) is 13.5. The first-order chi connectivity index (χ1) is 9.85. The summed E-state index contributed by atoms with van der Waals surface area (Å²) in [4.78, 5) is 6.69. The molecule has 1 aliphatic rings. The van der Waals surface area contributed by atoms with E-state index in [1.54, 1.807) is 0 Å². The molecule has 0 bridgehead atoms. The molecule has 1 aliphatic heterocycles. The summed E-state index contributed by atoms with van der Waals surface area (Å²) in [6.07, 6.45) is 6.40. The number of nitrogens with zero attached hydrogens (tertiary/aromatic N) is 2. The van der Waals surface area contributed by atoms with E-state index in [0.29, 0.717) is 6.04 Å². The predicted molar refractivity (Wildman–Crippen MR) is 83.7 cm³/mol. The van der Waals surface area contributed by atoms with Gasteiger partial charge in [0.25, 0.3) is 0 Å². The number of benzene rings is 1. The first-order valence-corrected chi connectivity index (χ1v) is 7.63. The van der Waals surface area contributed by atoms with Crippen molar-refractivity contribution in [2.75, 3.05) is 19.6 Å². The van der Waals surface area contributed by atoms with Gasteiger partial charge in [-0.2, -0.15) is 0 Å². The molecule has 0 spiro atoms. The SMILES string of the molecule is CCN1CCCC(NCc2ccc3cnccc3c2)C1. The van der Waals surface area contributed by atoms with Crippen LogP contribution in [-0.2, 0) is 6.54 Å². The van der Waals surface area contributed by atoms with Gasteiger partial charge < -0.3 is 10.2 Å². The van der Waals surface area contributed by atoms with Crippen LogP contribution < -0.4 is 5.32 Å². The average molecular weight is 269 g/mol. The van der Waals surface area contributed by atoms with Gasteiger partial charge in [0, 0.05) is 36.9 Å². The molecule has 2 heterocycles. The molecule has 0 amide bonds. The Balaban J connectivity index is 1.61. The van der Waals surface area contributed by atoms with E-state index in [1.807, 2.05) is 12.4 Å². The Morgan fingerprint density at radius 3 is 3.15 bits per heavy atom. The molecule has 1 fully saturated rings. The number of likely N-dealkylation sites (N-methyl/N-ethyl adjacent to an activating group) is 1. The normalized spacial score (nSPS) is 20.4. The topological polar surface area (TPSA) is 28.2 Å². The van der Waals surface area contributed by atoms with E-state index in [1.165, 1.54) is 48.8 Å². The molecular formula is C17H23N3. The fraction of sp³-hybridized carbons (Fsp3) is 0.471. The molecule has 0 radical (unpaired) electrons. The molecule has 0 aliphatic carbocycles. The van der Waals surface area contributed by atoms with Gasteiger partial charge in [0.2, 0.25) is 0 Å². The van der Waals surface area contributed by atoms with Gasteiger partial charge in [0.1, 0.15) is 0 Å². The summed E-state index contributed by atoms with van der Waals surface area (Å²) in [6, 6.07) is 9.36. The summed E-state index contributed by atoms with van der Waals surface area (Å²) in [7, 11) is 0. The van der Waals surface area contributed by atoms with Crippen molar-refractivity contribution in [2.45, 2.75) is 32.4 Å². The van der Waals surface area contributed by atoms with Gasteiger partial charge in [0.15, 0.2) is 0 Å². The number of hydrogen-bond donors (Lipinski definition) is 1. The summed E-state index contributed by atoms with van der Waals surface area (Å²) in [5.41, 5.74) is 1.36. The third-order valence-electron chi connectivity index (χ3n) is 4.25. The van der Waals surface area contributed by atoms with Crippen LogP contribution in [0.5, 0.6) is 0 Å². The molecule has 1 aromatic heterocycles. The molecule has 3 nitrogen and oxygen atoms in total. The van der Waals surface area contributed by atoms with Gasteiger partial charge in [-0.3, -0.25) is 4.98 Å². The van der Waals surface area contributed by atoms with Gasteiger partial charge in [-0.05, 0) is 49.0 Å². The van der Waals surface area contributed by atoms with E-state index in [4.69, 9.17) is 0 Å². The van der Waals surface area contributed by atoms with Crippen molar-refractivity contribution in [3.05, 3.63) is 42.2 Å². The third-order valence-corrected chi connectivity index (χ3v) is 4.25. The second kappa shape index (κ2) is 6.33. The Hall–Kier alpha value is -1.45. The fourth-order valence-electron chi connectivity index (χ4n) is 3.01. The summed E-state index contributed by atoms with van der Waals surface area (Å²) in [5.74, 6) is 0. The smallest absolute Gasteiger partial charge is 0.0346 e. The zero-order valence-electron chi connectivity index (χ0n) is 12.2. The Morgan fingerprint density at radius 2 is 2.25 bits per heavy atom. The maximum absolute atomic E-state index is 4.16. The maximum Gasteiger partial charge on any atom is 0.0346 e. The minimum Gasteiger partial charge on any atom is -0.309 e. The van der Waals surface area contributed by atoms with Crippen LogP contribution >= 0.6 is 0 Å². The van der Waals surface area contributed by atoms with E-state index in [9.17, 15) is 0 Å². The highest BCUT2D eigenvalue weighted by Gasteiger charge is 2.17. The van der Waals surface area contributed by atoms with Crippen LogP contribution in [-0.4, -0.2) is 35.6 Å². The Kier molecular flexibility index (Phi) is 4.28. The number of likely N-dealkylation sites (tertiary alicyclic amines) is 1. The van der Waals surface area contributed by atoms with Crippen LogP contribution in [0.25, 0.3) is 10.8 Å². The molecule has 0 saturated carbocycles. The number of aromatic nitrogens is 1. The predicted octanol–water partition coefficient (Wildman–Crippen LogP) is 2.81. The molecule has 2 aromatic rings. The van der Waals surface area contributed by atoms with E-state index >= 15 is 0 Å². The highest BCUT2D eigenvalue weighted by molar-refractivity contribution is 5.81. The number of pyridine rings is 1. The number of fused-ring (bicyclic) bond motifs is 1. The second-order valence-electron chi connectivity index (χ2n) is 5.67. The number of rotatable bonds is 4. The molecule has 1 saturated heterocycles. The lowest BCUT2D eigenvalue weighted by Gasteiger charge is -2.32. The molecule has 106 valence electrons. The van der Waals surface area contributed by atoms with Crippen molar-refractivity contribution in [3.63, 3.8) is 0 Å². The molecule has 1 aromatic carbocycles.